The van der Waals surface area contributed by atoms with Gasteiger partial charge in [-0.25, -0.2) is 19.3 Å². The van der Waals surface area contributed by atoms with Crippen LogP contribution in [-0.4, -0.2) is 24.9 Å². The lowest BCUT2D eigenvalue weighted by atomic mass is 10.0. The van der Waals surface area contributed by atoms with E-state index in [1.165, 1.54) is 12.5 Å². The van der Waals surface area contributed by atoms with Crippen molar-refractivity contribution in [2.24, 2.45) is 5.92 Å². The zero-order valence-electron chi connectivity index (χ0n) is 12.9. The van der Waals surface area contributed by atoms with E-state index in [-0.39, 0.29) is 17.8 Å². The number of anilines is 1. The molecule has 3 heterocycles. The van der Waals surface area contributed by atoms with Crippen molar-refractivity contribution in [2.75, 3.05) is 5.73 Å². The van der Waals surface area contributed by atoms with Crippen LogP contribution in [0.15, 0.2) is 24.8 Å². The molecule has 0 aromatic carbocycles. The number of fused-ring (bicyclic) bond motifs is 1. The lowest BCUT2D eigenvalue weighted by molar-refractivity contribution is 0.390. The molecule has 3 aromatic rings. The van der Waals surface area contributed by atoms with Crippen molar-refractivity contribution in [3.05, 3.63) is 42.0 Å². The van der Waals surface area contributed by atoms with Gasteiger partial charge in [0.15, 0.2) is 17.3 Å². The minimum atomic E-state index is -0.342. The summed E-state index contributed by atoms with van der Waals surface area (Å²) < 4.78 is 13.7. The van der Waals surface area contributed by atoms with Crippen LogP contribution in [0.1, 0.15) is 31.3 Å². The van der Waals surface area contributed by atoms with Crippen molar-refractivity contribution in [2.45, 2.75) is 26.4 Å². The SMILES string of the molecule is CC(C)C(NCc1ccncc1F)c1nc(N)c2[nH]cnc2n1. The summed E-state index contributed by atoms with van der Waals surface area (Å²) >= 11 is 0. The van der Waals surface area contributed by atoms with Crippen LogP contribution in [0, 0.1) is 11.7 Å². The van der Waals surface area contributed by atoms with E-state index in [0.29, 0.717) is 34.9 Å². The summed E-state index contributed by atoms with van der Waals surface area (Å²) in [5, 5.41) is 3.29. The summed E-state index contributed by atoms with van der Waals surface area (Å²) in [6.07, 6.45) is 4.30. The Kier molecular flexibility index (Phi) is 4.16. The molecule has 0 aliphatic rings. The number of aromatic nitrogens is 5. The molecule has 0 radical (unpaired) electrons. The van der Waals surface area contributed by atoms with Crippen LogP contribution in [0.4, 0.5) is 10.2 Å². The molecule has 0 saturated carbocycles. The minimum Gasteiger partial charge on any atom is -0.382 e. The fourth-order valence-electron chi connectivity index (χ4n) is 2.40. The quantitative estimate of drug-likeness (QED) is 0.664. The number of halogens is 1. The van der Waals surface area contributed by atoms with E-state index in [4.69, 9.17) is 5.73 Å². The van der Waals surface area contributed by atoms with Crippen molar-refractivity contribution >= 4 is 17.0 Å². The van der Waals surface area contributed by atoms with Crippen LogP contribution in [0.5, 0.6) is 0 Å². The third-order valence-electron chi connectivity index (χ3n) is 3.64. The van der Waals surface area contributed by atoms with Crippen LogP contribution < -0.4 is 11.1 Å². The molecule has 0 bridgehead atoms. The normalized spacial score (nSPS) is 12.9. The summed E-state index contributed by atoms with van der Waals surface area (Å²) in [6, 6.07) is 1.47. The zero-order valence-corrected chi connectivity index (χ0v) is 12.9. The van der Waals surface area contributed by atoms with Crippen LogP contribution in [-0.2, 0) is 6.54 Å². The monoisotopic (exact) mass is 315 g/mol. The minimum absolute atomic E-state index is 0.175. The fourth-order valence-corrected chi connectivity index (χ4v) is 2.40. The van der Waals surface area contributed by atoms with Gasteiger partial charge in [-0.3, -0.25) is 4.98 Å². The van der Waals surface area contributed by atoms with Crippen molar-refractivity contribution in [3.63, 3.8) is 0 Å². The molecular weight excluding hydrogens is 297 g/mol. The molecule has 23 heavy (non-hydrogen) atoms. The summed E-state index contributed by atoms with van der Waals surface area (Å²) in [5.41, 5.74) is 7.64. The van der Waals surface area contributed by atoms with Crippen molar-refractivity contribution in [1.29, 1.82) is 0 Å². The Hall–Kier alpha value is -2.61. The third-order valence-corrected chi connectivity index (χ3v) is 3.64. The number of pyridine rings is 1. The summed E-state index contributed by atoms with van der Waals surface area (Å²) in [5.74, 6) is 0.748. The molecule has 0 aliphatic carbocycles. The second-order valence-corrected chi connectivity index (χ2v) is 5.64. The van der Waals surface area contributed by atoms with E-state index < -0.39 is 0 Å². The first kappa shape index (κ1) is 15.3. The van der Waals surface area contributed by atoms with Crippen molar-refractivity contribution in [3.8, 4) is 0 Å². The lowest BCUT2D eigenvalue weighted by Crippen LogP contribution is -2.28. The highest BCUT2D eigenvalue weighted by atomic mass is 19.1. The maximum atomic E-state index is 13.7. The number of nitrogens with two attached hydrogens (primary N) is 1. The standard InChI is InChI=1S/C15H18FN7/c1-8(2)11(19-5-9-3-4-18-6-10(9)16)15-22-13(17)12-14(23-15)21-7-20-12/h3-4,6-8,11,19H,5H2,1-2H3,(H3,17,20,21,22,23). The van der Waals surface area contributed by atoms with Gasteiger partial charge in [-0.05, 0) is 12.0 Å². The van der Waals surface area contributed by atoms with Gasteiger partial charge in [0.05, 0.1) is 18.6 Å². The van der Waals surface area contributed by atoms with Crippen molar-refractivity contribution in [1.82, 2.24) is 30.2 Å². The molecule has 120 valence electrons. The van der Waals surface area contributed by atoms with Gasteiger partial charge in [0.2, 0.25) is 0 Å². The van der Waals surface area contributed by atoms with Gasteiger partial charge in [0, 0.05) is 18.3 Å². The number of imidazole rings is 1. The molecule has 1 unspecified atom stereocenters. The molecule has 3 rings (SSSR count). The van der Waals surface area contributed by atoms with Gasteiger partial charge in [0.1, 0.15) is 11.3 Å². The van der Waals surface area contributed by atoms with Gasteiger partial charge in [-0.15, -0.1) is 0 Å². The summed E-state index contributed by atoms with van der Waals surface area (Å²) in [6.45, 7) is 4.42. The number of rotatable bonds is 5. The van der Waals surface area contributed by atoms with Gasteiger partial charge in [-0.1, -0.05) is 13.8 Å². The number of nitrogens with zero attached hydrogens (tertiary/aromatic N) is 4. The largest absolute Gasteiger partial charge is 0.382 e. The van der Waals surface area contributed by atoms with Gasteiger partial charge in [0.25, 0.3) is 0 Å². The van der Waals surface area contributed by atoms with E-state index >= 15 is 0 Å². The average molecular weight is 315 g/mol. The first-order chi connectivity index (χ1) is 11.1. The molecule has 0 aliphatic heterocycles. The summed E-state index contributed by atoms with van der Waals surface area (Å²) in [4.78, 5) is 19.6. The van der Waals surface area contributed by atoms with Crippen molar-refractivity contribution < 1.29 is 4.39 Å². The Balaban J connectivity index is 1.87. The third kappa shape index (κ3) is 3.11. The van der Waals surface area contributed by atoms with E-state index in [1.54, 1.807) is 12.3 Å². The molecule has 0 fully saturated rings. The Morgan fingerprint density at radius 2 is 2.17 bits per heavy atom. The predicted octanol–water partition coefficient (Wildman–Crippen LogP) is 1.96. The smallest absolute Gasteiger partial charge is 0.183 e. The van der Waals surface area contributed by atoms with Crippen LogP contribution in [0.25, 0.3) is 11.2 Å². The van der Waals surface area contributed by atoms with E-state index in [1.807, 2.05) is 13.8 Å². The molecule has 0 spiro atoms. The van der Waals surface area contributed by atoms with Crippen LogP contribution in [0.2, 0.25) is 0 Å². The van der Waals surface area contributed by atoms with Crippen LogP contribution in [0.3, 0.4) is 0 Å². The maximum Gasteiger partial charge on any atom is 0.183 e. The molecule has 7 nitrogen and oxygen atoms in total. The fraction of sp³-hybridized carbons (Fsp3) is 0.333. The Bertz CT molecular complexity index is 814. The second-order valence-electron chi connectivity index (χ2n) is 5.64. The number of H-pyrrole nitrogens is 1. The Morgan fingerprint density at radius 3 is 2.91 bits per heavy atom. The van der Waals surface area contributed by atoms with Gasteiger partial charge >= 0.3 is 0 Å². The molecule has 1 atom stereocenters. The molecular formula is C15H18FN7. The molecule has 0 saturated heterocycles. The van der Waals surface area contributed by atoms with E-state index in [0.717, 1.165) is 0 Å². The molecule has 0 amide bonds. The van der Waals surface area contributed by atoms with Crippen LogP contribution >= 0.6 is 0 Å². The second kappa shape index (κ2) is 6.25. The van der Waals surface area contributed by atoms with Gasteiger partial charge < -0.3 is 16.0 Å². The average Bonchev–Trinajstić information content (AvgIpc) is 2.98. The van der Waals surface area contributed by atoms with E-state index in [2.05, 4.69) is 30.2 Å². The van der Waals surface area contributed by atoms with E-state index in [9.17, 15) is 4.39 Å². The highest BCUT2D eigenvalue weighted by molar-refractivity contribution is 5.80. The first-order valence-corrected chi connectivity index (χ1v) is 7.34. The lowest BCUT2D eigenvalue weighted by Gasteiger charge is -2.21. The number of nitrogen functional groups attached to an aromatic ring is 1. The predicted molar refractivity (Wildman–Crippen MR) is 84.7 cm³/mol. The maximum absolute atomic E-state index is 13.7. The number of hydrogen-bond donors (Lipinski definition) is 3. The number of hydrogen-bond acceptors (Lipinski definition) is 6. The summed E-state index contributed by atoms with van der Waals surface area (Å²) in [7, 11) is 0. The topological polar surface area (TPSA) is 105 Å². The zero-order chi connectivity index (χ0) is 16.4. The first-order valence-electron chi connectivity index (χ1n) is 7.34. The Labute approximate surface area is 132 Å². The molecule has 4 N–H and O–H groups in total. The molecule has 8 heteroatoms. The number of aromatic amines is 1. The molecule has 3 aromatic heterocycles. The Morgan fingerprint density at radius 1 is 1.35 bits per heavy atom. The highest BCUT2D eigenvalue weighted by Gasteiger charge is 2.21. The number of nitrogens with one attached hydrogen (secondary N) is 2. The van der Waals surface area contributed by atoms with Gasteiger partial charge in [-0.2, -0.15) is 0 Å². The highest BCUT2D eigenvalue weighted by Crippen LogP contribution is 2.23.